The van der Waals surface area contributed by atoms with Gasteiger partial charge in [-0.25, -0.2) is 0 Å². The van der Waals surface area contributed by atoms with Crippen molar-refractivity contribution in [3.63, 3.8) is 0 Å². The van der Waals surface area contributed by atoms with E-state index in [1.54, 1.807) is 7.11 Å². The average Bonchev–Trinajstić information content (AvgIpc) is 2.45. The van der Waals surface area contributed by atoms with E-state index in [0.29, 0.717) is 0 Å². The highest BCUT2D eigenvalue weighted by molar-refractivity contribution is 5.33. The van der Waals surface area contributed by atoms with Gasteiger partial charge in [0.15, 0.2) is 0 Å². The van der Waals surface area contributed by atoms with E-state index in [4.69, 9.17) is 4.74 Å². The number of para-hydroxylation sites is 1. The number of nitrogens with one attached hydrogen (secondary N) is 1. The van der Waals surface area contributed by atoms with Gasteiger partial charge >= 0.3 is 0 Å². The van der Waals surface area contributed by atoms with Gasteiger partial charge in [-0.2, -0.15) is 0 Å². The standard InChI is InChI=1S/C15H18N2O/c1-18-15-5-3-2-4-14(15)8-11-17-12-13-6-9-16-10-7-13/h2-7,9-10,17H,8,11-12H2,1H3. The summed E-state index contributed by atoms with van der Waals surface area (Å²) in [6, 6.07) is 12.2. The molecule has 1 aromatic carbocycles. The molecule has 0 atom stereocenters. The minimum Gasteiger partial charge on any atom is -0.496 e. The number of rotatable bonds is 6. The van der Waals surface area contributed by atoms with Crippen LogP contribution in [0.15, 0.2) is 48.8 Å². The molecule has 1 N–H and O–H groups in total. The Morgan fingerprint density at radius 3 is 2.67 bits per heavy atom. The Bertz CT molecular complexity index is 471. The number of hydrogen-bond donors (Lipinski definition) is 1. The highest BCUT2D eigenvalue weighted by Crippen LogP contribution is 2.17. The van der Waals surface area contributed by atoms with E-state index in [1.165, 1.54) is 11.1 Å². The van der Waals surface area contributed by atoms with Crippen LogP contribution in [0, 0.1) is 0 Å². The number of hydrogen-bond acceptors (Lipinski definition) is 3. The summed E-state index contributed by atoms with van der Waals surface area (Å²) in [6.45, 7) is 1.81. The SMILES string of the molecule is COc1ccccc1CCNCc1ccncc1. The van der Waals surface area contributed by atoms with E-state index in [9.17, 15) is 0 Å². The van der Waals surface area contributed by atoms with Gasteiger partial charge in [-0.05, 0) is 42.3 Å². The van der Waals surface area contributed by atoms with Crippen LogP contribution in [0.2, 0.25) is 0 Å². The third-order valence-corrected chi connectivity index (χ3v) is 2.84. The molecule has 3 nitrogen and oxygen atoms in total. The molecule has 1 aromatic heterocycles. The van der Waals surface area contributed by atoms with Gasteiger partial charge in [-0.15, -0.1) is 0 Å². The van der Waals surface area contributed by atoms with E-state index >= 15 is 0 Å². The molecule has 2 rings (SSSR count). The summed E-state index contributed by atoms with van der Waals surface area (Å²) >= 11 is 0. The molecule has 0 aliphatic rings. The molecule has 0 aliphatic carbocycles. The summed E-state index contributed by atoms with van der Waals surface area (Å²) < 4.78 is 5.32. The van der Waals surface area contributed by atoms with Crippen molar-refractivity contribution in [3.8, 4) is 5.75 Å². The zero-order valence-electron chi connectivity index (χ0n) is 10.6. The molecule has 3 heteroatoms. The summed E-state index contributed by atoms with van der Waals surface area (Å²) in [5, 5.41) is 3.42. The fourth-order valence-corrected chi connectivity index (χ4v) is 1.87. The van der Waals surface area contributed by atoms with Crippen molar-refractivity contribution in [2.24, 2.45) is 0 Å². The maximum atomic E-state index is 5.32. The van der Waals surface area contributed by atoms with E-state index in [2.05, 4.69) is 16.4 Å². The molecule has 18 heavy (non-hydrogen) atoms. The predicted octanol–water partition coefficient (Wildman–Crippen LogP) is 2.42. The topological polar surface area (TPSA) is 34.1 Å². The second kappa shape index (κ2) is 6.77. The molecule has 0 amide bonds. The third kappa shape index (κ3) is 3.57. The van der Waals surface area contributed by atoms with Crippen LogP contribution in [-0.2, 0) is 13.0 Å². The molecular weight excluding hydrogens is 224 g/mol. The van der Waals surface area contributed by atoms with Crippen molar-refractivity contribution >= 4 is 0 Å². The van der Waals surface area contributed by atoms with Crippen molar-refractivity contribution in [2.45, 2.75) is 13.0 Å². The largest absolute Gasteiger partial charge is 0.496 e. The maximum absolute atomic E-state index is 5.32. The Hall–Kier alpha value is -1.87. The second-order valence-corrected chi connectivity index (χ2v) is 4.09. The molecule has 0 radical (unpaired) electrons. The van der Waals surface area contributed by atoms with E-state index in [0.717, 1.165) is 25.3 Å². The molecular formula is C15H18N2O. The first-order valence-corrected chi connectivity index (χ1v) is 6.11. The average molecular weight is 242 g/mol. The highest BCUT2D eigenvalue weighted by Gasteiger charge is 2.00. The molecule has 0 bridgehead atoms. The molecule has 0 unspecified atom stereocenters. The van der Waals surface area contributed by atoms with Crippen LogP contribution in [-0.4, -0.2) is 18.6 Å². The number of benzene rings is 1. The number of pyridine rings is 1. The van der Waals surface area contributed by atoms with Crippen LogP contribution in [0.25, 0.3) is 0 Å². The van der Waals surface area contributed by atoms with Crippen LogP contribution in [0.4, 0.5) is 0 Å². The van der Waals surface area contributed by atoms with Crippen molar-refractivity contribution in [2.75, 3.05) is 13.7 Å². The lowest BCUT2D eigenvalue weighted by atomic mass is 10.1. The van der Waals surface area contributed by atoms with E-state index in [-0.39, 0.29) is 0 Å². The summed E-state index contributed by atoms with van der Waals surface area (Å²) in [4.78, 5) is 4.00. The van der Waals surface area contributed by atoms with Gasteiger partial charge in [-0.3, -0.25) is 4.98 Å². The van der Waals surface area contributed by atoms with Gasteiger partial charge in [0.05, 0.1) is 7.11 Å². The van der Waals surface area contributed by atoms with Crippen molar-refractivity contribution < 1.29 is 4.74 Å². The summed E-state index contributed by atoms with van der Waals surface area (Å²) in [7, 11) is 1.71. The summed E-state index contributed by atoms with van der Waals surface area (Å²) in [6.07, 6.45) is 4.60. The van der Waals surface area contributed by atoms with Gasteiger partial charge in [0.25, 0.3) is 0 Å². The Kier molecular flexibility index (Phi) is 4.73. The molecule has 0 spiro atoms. The van der Waals surface area contributed by atoms with Crippen LogP contribution in [0.3, 0.4) is 0 Å². The van der Waals surface area contributed by atoms with Gasteiger partial charge in [0.1, 0.15) is 5.75 Å². The van der Waals surface area contributed by atoms with E-state index < -0.39 is 0 Å². The first kappa shape index (κ1) is 12.6. The molecule has 0 aliphatic heterocycles. The lowest BCUT2D eigenvalue weighted by molar-refractivity contribution is 0.409. The zero-order chi connectivity index (χ0) is 12.6. The number of nitrogens with zero attached hydrogens (tertiary/aromatic N) is 1. The van der Waals surface area contributed by atoms with Gasteiger partial charge in [0.2, 0.25) is 0 Å². The zero-order valence-corrected chi connectivity index (χ0v) is 10.6. The van der Waals surface area contributed by atoms with E-state index in [1.807, 2.05) is 42.7 Å². The Morgan fingerprint density at radius 1 is 1.11 bits per heavy atom. The van der Waals surface area contributed by atoms with Crippen LogP contribution in [0.5, 0.6) is 5.75 Å². The monoisotopic (exact) mass is 242 g/mol. The highest BCUT2D eigenvalue weighted by atomic mass is 16.5. The molecule has 94 valence electrons. The Balaban J connectivity index is 1.78. The number of aromatic nitrogens is 1. The lowest BCUT2D eigenvalue weighted by Crippen LogP contribution is -2.16. The summed E-state index contributed by atoms with van der Waals surface area (Å²) in [5.41, 5.74) is 2.49. The van der Waals surface area contributed by atoms with Crippen LogP contribution >= 0.6 is 0 Å². The van der Waals surface area contributed by atoms with Gasteiger partial charge in [-0.1, -0.05) is 18.2 Å². The van der Waals surface area contributed by atoms with Crippen LogP contribution < -0.4 is 10.1 Å². The molecule has 0 saturated carbocycles. The van der Waals surface area contributed by atoms with Crippen molar-refractivity contribution in [3.05, 3.63) is 59.9 Å². The lowest BCUT2D eigenvalue weighted by Gasteiger charge is -2.08. The smallest absolute Gasteiger partial charge is 0.122 e. The fourth-order valence-electron chi connectivity index (χ4n) is 1.87. The fraction of sp³-hybridized carbons (Fsp3) is 0.267. The maximum Gasteiger partial charge on any atom is 0.122 e. The Labute approximate surface area is 108 Å². The first-order valence-electron chi connectivity index (χ1n) is 6.11. The Morgan fingerprint density at radius 2 is 1.89 bits per heavy atom. The molecule has 1 heterocycles. The summed E-state index contributed by atoms with van der Waals surface area (Å²) in [5.74, 6) is 0.961. The predicted molar refractivity (Wildman–Crippen MR) is 72.6 cm³/mol. The minimum atomic E-state index is 0.873. The quantitative estimate of drug-likeness (QED) is 0.790. The van der Waals surface area contributed by atoms with Crippen molar-refractivity contribution in [1.29, 1.82) is 0 Å². The number of methoxy groups -OCH3 is 1. The normalized spacial score (nSPS) is 10.3. The second-order valence-electron chi connectivity index (χ2n) is 4.09. The molecule has 2 aromatic rings. The third-order valence-electron chi connectivity index (χ3n) is 2.84. The van der Waals surface area contributed by atoms with Crippen LogP contribution in [0.1, 0.15) is 11.1 Å². The van der Waals surface area contributed by atoms with Gasteiger partial charge in [0, 0.05) is 18.9 Å². The molecule has 0 fully saturated rings. The van der Waals surface area contributed by atoms with Crippen molar-refractivity contribution in [1.82, 2.24) is 10.3 Å². The van der Waals surface area contributed by atoms with Gasteiger partial charge < -0.3 is 10.1 Å². The number of ether oxygens (including phenoxy) is 1. The first-order chi connectivity index (χ1) is 8.90. The minimum absolute atomic E-state index is 0.873. The molecule has 0 saturated heterocycles.